The van der Waals surface area contributed by atoms with Crippen LogP contribution in [0.1, 0.15) is 50.5 Å². The maximum absolute atomic E-state index is 11.8. The average Bonchev–Trinajstić information content (AvgIpc) is 3.53. The highest BCUT2D eigenvalue weighted by molar-refractivity contribution is 5.88. The molecule has 2 fully saturated rings. The van der Waals surface area contributed by atoms with Gasteiger partial charge in [0.2, 0.25) is 0 Å². The molecule has 4 unspecified atom stereocenters. The van der Waals surface area contributed by atoms with Gasteiger partial charge in [0.05, 0.1) is 12.7 Å². The Labute approximate surface area is 205 Å². The standard InChI is InChI=1S/C21H29NO.C8H13NO2/c23-21(19-7-3-1-4-8-19,11-14-22-12-5-2-6-13-22)20-16-17-9-10-18(20)15-17;1-9-5-3-4-7(6-9)8(10)11-2/h1,3-4,7-10,17-18,20,23H,2,5-6,11-16H2;4H,3,5-6H2,1-2H3. The molecule has 1 aromatic carbocycles. The van der Waals surface area contributed by atoms with Crippen molar-refractivity contribution in [3.63, 3.8) is 0 Å². The van der Waals surface area contributed by atoms with E-state index in [1.807, 2.05) is 13.1 Å². The van der Waals surface area contributed by atoms with Crippen molar-refractivity contribution in [2.75, 3.05) is 46.9 Å². The third-order valence-electron chi connectivity index (χ3n) is 8.21. The summed E-state index contributed by atoms with van der Waals surface area (Å²) in [6.07, 6.45) is 14.9. The van der Waals surface area contributed by atoms with Gasteiger partial charge in [-0.3, -0.25) is 0 Å². The highest BCUT2D eigenvalue weighted by Crippen LogP contribution is 2.52. The van der Waals surface area contributed by atoms with Crippen LogP contribution in [0.25, 0.3) is 0 Å². The Hall–Kier alpha value is -1.95. The van der Waals surface area contributed by atoms with Gasteiger partial charge in [0.25, 0.3) is 0 Å². The first-order valence-electron chi connectivity index (χ1n) is 13.1. The second-order valence-corrected chi connectivity index (χ2v) is 10.6. The summed E-state index contributed by atoms with van der Waals surface area (Å²) in [7, 11) is 3.41. The number of allylic oxidation sites excluding steroid dienone is 2. The molecule has 5 rings (SSSR count). The molecule has 0 aromatic heterocycles. The maximum Gasteiger partial charge on any atom is 0.334 e. The van der Waals surface area contributed by atoms with Crippen LogP contribution in [0.2, 0.25) is 0 Å². The number of hydrogen-bond donors (Lipinski definition) is 1. The number of hydrogen-bond acceptors (Lipinski definition) is 5. The lowest BCUT2D eigenvalue weighted by Crippen LogP contribution is -2.42. The van der Waals surface area contributed by atoms with Crippen LogP contribution >= 0.6 is 0 Å². The molecule has 1 saturated heterocycles. The molecule has 4 atom stereocenters. The second-order valence-electron chi connectivity index (χ2n) is 10.6. The minimum Gasteiger partial charge on any atom is -0.466 e. The third-order valence-corrected chi connectivity index (χ3v) is 8.21. The molecule has 5 heteroatoms. The molecule has 0 radical (unpaired) electrons. The zero-order valence-corrected chi connectivity index (χ0v) is 21.0. The van der Waals surface area contributed by atoms with Crippen LogP contribution in [0.5, 0.6) is 0 Å². The van der Waals surface area contributed by atoms with E-state index in [1.165, 1.54) is 45.9 Å². The number of fused-ring (bicyclic) bond motifs is 2. The zero-order chi connectivity index (χ0) is 24.0. The Morgan fingerprint density at radius 2 is 1.85 bits per heavy atom. The first-order valence-corrected chi connectivity index (χ1v) is 13.1. The Bertz CT molecular complexity index is 861. The van der Waals surface area contributed by atoms with Crippen LogP contribution in [0.4, 0.5) is 0 Å². The molecule has 2 aliphatic heterocycles. The van der Waals surface area contributed by atoms with E-state index in [0.29, 0.717) is 24.3 Å². The highest BCUT2D eigenvalue weighted by Gasteiger charge is 2.48. The fourth-order valence-electron chi connectivity index (χ4n) is 6.28. The highest BCUT2D eigenvalue weighted by atomic mass is 16.5. The maximum atomic E-state index is 11.8. The fourth-order valence-corrected chi connectivity index (χ4v) is 6.28. The molecule has 2 bridgehead atoms. The number of rotatable bonds is 6. The topological polar surface area (TPSA) is 53.0 Å². The summed E-state index contributed by atoms with van der Waals surface area (Å²) in [6, 6.07) is 10.5. The summed E-state index contributed by atoms with van der Waals surface area (Å²) in [6.45, 7) is 5.19. The summed E-state index contributed by atoms with van der Waals surface area (Å²) in [5.74, 6) is 1.48. The Morgan fingerprint density at radius 3 is 2.47 bits per heavy atom. The first kappa shape index (κ1) is 25.2. The van der Waals surface area contributed by atoms with E-state index in [-0.39, 0.29) is 5.97 Å². The molecule has 1 N–H and O–H groups in total. The lowest BCUT2D eigenvalue weighted by molar-refractivity contribution is -0.136. The van der Waals surface area contributed by atoms with Gasteiger partial charge in [-0.2, -0.15) is 0 Å². The number of likely N-dealkylation sites (N-methyl/N-ethyl adjacent to an activating group) is 1. The minimum atomic E-state index is -0.664. The van der Waals surface area contributed by atoms with E-state index < -0.39 is 5.60 Å². The summed E-state index contributed by atoms with van der Waals surface area (Å²) < 4.78 is 4.60. The quantitative estimate of drug-likeness (QED) is 0.498. The predicted octanol–water partition coefficient (Wildman–Crippen LogP) is 4.38. The van der Waals surface area contributed by atoms with Crippen LogP contribution in [0.15, 0.2) is 54.1 Å². The van der Waals surface area contributed by atoms with E-state index in [0.717, 1.165) is 43.5 Å². The van der Waals surface area contributed by atoms with Crippen molar-refractivity contribution >= 4 is 5.97 Å². The van der Waals surface area contributed by atoms with Gasteiger partial charge in [-0.05, 0) is 82.0 Å². The summed E-state index contributed by atoms with van der Waals surface area (Å²) in [5.41, 5.74) is 1.24. The lowest BCUT2D eigenvalue weighted by atomic mass is 9.72. The molecule has 1 aromatic rings. The number of likely N-dealkylation sites (tertiary alicyclic amines) is 1. The van der Waals surface area contributed by atoms with Crippen molar-refractivity contribution in [1.29, 1.82) is 0 Å². The van der Waals surface area contributed by atoms with Gasteiger partial charge in [0.15, 0.2) is 0 Å². The second kappa shape index (κ2) is 11.7. The molecule has 2 heterocycles. The van der Waals surface area contributed by atoms with Crippen LogP contribution < -0.4 is 0 Å². The van der Waals surface area contributed by atoms with Crippen LogP contribution in [-0.4, -0.2) is 67.8 Å². The largest absolute Gasteiger partial charge is 0.466 e. The summed E-state index contributed by atoms with van der Waals surface area (Å²) in [4.78, 5) is 15.7. The van der Waals surface area contributed by atoms with Gasteiger partial charge in [-0.1, -0.05) is 55.0 Å². The number of carbonyl (C=O) groups excluding carboxylic acids is 1. The van der Waals surface area contributed by atoms with Crippen molar-refractivity contribution < 1.29 is 14.6 Å². The van der Waals surface area contributed by atoms with Gasteiger partial charge in [0.1, 0.15) is 0 Å². The molecular formula is C29H42N2O3. The SMILES string of the molecule is COC(=O)C1=CCCN(C)C1.OC(CCN1CCCCC1)(c1ccccc1)C1CC2C=CC1C2. The van der Waals surface area contributed by atoms with Crippen LogP contribution in [0, 0.1) is 17.8 Å². The number of benzene rings is 1. The number of methoxy groups -OCH3 is 1. The first-order chi connectivity index (χ1) is 16.5. The molecule has 0 amide bonds. The fraction of sp³-hybridized carbons (Fsp3) is 0.621. The van der Waals surface area contributed by atoms with E-state index in [2.05, 4.69) is 57.0 Å². The molecule has 1 saturated carbocycles. The third kappa shape index (κ3) is 5.99. The van der Waals surface area contributed by atoms with Gasteiger partial charge in [-0.15, -0.1) is 0 Å². The molecule has 0 spiro atoms. The summed E-state index contributed by atoms with van der Waals surface area (Å²) in [5, 5.41) is 11.8. The normalized spacial score (nSPS) is 28.6. The van der Waals surface area contributed by atoms with Crippen molar-refractivity contribution in [3.05, 3.63) is 59.7 Å². The van der Waals surface area contributed by atoms with Gasteiger partial charge >= 0.3 is 5.97 Å². The van der Waals surface area contributed by atoms with Crippen molar-refractivity contribution in [3.8, 4) is 0 Å². The molecule has 4 aliphatic rings. The molecule has 5 nitrogen and oxygen atoms in total. The molecule has 186 valence electrons. The lowest BCUT2D eigenvalue weighted by Gasteiger charge is -2.40. The van der Waals surface area contributed by atoms with Gasteiger partial charge in [-0.25, -0.2) is 4.79 Å². The minimum absolute atomic E-state index is 0.198. The Balaban J connectivity index is 0.000000210. The smallest absolute Gasteiger partial charge is 0.334 e. The Morgan fingerprint density at radius 1 is 1.09 bits per heavy atom. The number of carbonyl (C=O) groups is 1. The van der Waals surface area contributed by atoms with Gasteiger partial charge in [0, 0.05) is 25.2 Å². The van der Waals surface area contributed by atoms with Crippen molar-refractivity contribution in [1.82, 2.24) is 9.80 Å². The van der Waals surface area contributed by atoms with Crippen molar-refractivity contribution in [2.45, 2.75) is 50.5 Å². The number of esters is 1. The molecule has 2 aliphatic carbocycles. The molecular weight excluding hydrogens is 424 g/mol. The summed E-state index contributed by atoms with van der Waals surface area (Å²) >= 11 is 0. The monoisotopic (exact) mass is 466 g/mol. The van der Waals surface area contributed by atoms with E-state index in [9.17, 15) is 9.90 Å². The zero-order valence-electron chi connectivity index (χ0n) is 21.0. The number of aliphatic hydroxyl groups is 1. The van der Waals surface area contributed by atoms with E-state index in [1.54, 1.807) is 0 Å². The number of piperidine rings is 1. The van der Waals surface area contributed by atoms with E-state index in [4.69, 9.17) is 0 Å². The predicted molar refractivity (Wildman–Crippen MR) is 136 cm³/mol. The van der Waals surface area contributed by atoms with Crippen LogP contribution in [0.3, 0.4) is 0 Å². The number of ether oxygens (including phenoxy) is 1. The van der Waals surface area contributed by atoms with Crippen molar-refractivity contribution in [2.24, 2.45) is 17.8 Å². The molecule has 34 heavy (non-hydrogen) atoms. The number of nitrogens with zero attached hydrogens (tertiary/aromatic N) is 2. The van der Waals surface area contributed by atoms with Gasteiger partial charge < -0.3 is 19.6 Å². The Kier molecular flexibility index (Phi) is 8.62. The van der Waals surface area contributed by atoms with E-state index >= 15 is 0 Å². The average molecular weight is 467 g/mol. The van der Waals surface area contributed by atoms with Crippen LogP contribution in [-0.2, 0) is 15.1 Å².